The molecule has 3 aromatic carbocycles. The molecular weight excluding hydrogens is 446 g/mol. The molecular formula is C28H25NO6. The lowest BCUT2D eigenvalue weighted by atomic mass is 9.92. The van der Waals surface area contributed by atoms with Crippen molar-refractivity contribution in [2.75, 3.05) is 13.7 Å². The summed E-state index contributed by atoms with van der Waals surface area (Å²) >= 11 is 0. The van der Waals surface area contributed by atoms with E-state index in [4.69, 9.17) is 4.74 Å². The van der Waals surface area contributed by atoms with Gasteiger partial charge < -0.3 is 19.8 Å². The summed E-state index contributed by atoms with van der Waals surface area (Å²) in [6.45, 7) is -0.0108. The van der Waals surface area contributed by atoms with Crippen LogP contribution in [-0.4, -0.2) is 46.4 Å². The van der Waals surface area contributed by atoms with Gasteiger partial charge in [-0.15, -0.1) is 0 Å². The van der Waals surface area contributed by atoms with Gasteiger partial charge in [0, 0.05) is 18.0 Å². The molecule has 35 heavy (non-hydrogen) atoms. The number of ketones is 1. The van der Waals surface area contributed by atoms with E-state index in [9.17, 15) is 24.6 Å². The minimum atomic E-state index is -1.01. The van der Waals surface area contributed by atoms with Crippen molar-refractivity contribution in [2.24, 2.45) is 0 Å². The molecule has 0 aromatic heterocycles. The van der Waals surface area contributed by atoms with Crippen LogP contribution >= 0.6 is 0 Å². The molecule has 0 spiro atoms. The van der Waals surface area contributed by atoms with Crippen LogP contribution in [0.4, 0.5) is 0 Å². The summed E-state index contributed by atoms with van der Waals surface area (Å²) in [5.41, 5.74) is 1.72. The molecule has 1 amide bonds. The number of nitrogens with zero attached hydrogens (tertiary/aromatic N) is 1. The van der Waals surface area contributed by atoms with Crippen LogP contribution in [0.25, 0.3) is 5.76 Å². The normalized spacial score (nSPS) is 17.9. The molecule has 2 atom stereocenters. The fraction of sp³-hybridized carbons (Fsp3) is 0.179. The number of carbonyl (C=O) groups excluding carboxylic acids is 2. The Labute approximate surface area is 202 Å². The molecule has 0 radical (unpaired) electrons. The van der Waals surface area contributed by atoms with Crippen molar-refractivity contribution in [3.8, 4) is 5.75 Å². The number of aliphatic hydroxyl groups is 1. The van der Waals surface area contributed by atoms with E-state index in [1.165, 1.54) is 12.0 Å². The number of ether oxygens (including phenoxy) is 1. The van der Waals surface area contributed by atoms with Crippen LogP contribution in [-0.2, 0) is 14.4 Å². The summed E-state index contributed by atoms with van der Waals surface area (Å²) in [7, 11) is 1.53. The third-order valence-electron chi connectivity index (χ3n) is 6.13. The summed E-state index contributed by atoms with van der Waals surface area (Å²) in [5.74, 6) is -2.84. The molecule has 2 N–H and O–H groups in total. The molecule has 1 heterocycles. The molecule has 0 saturated carbocycles. The van der Waals surface area contributed by atoms with E-state index in [1.807, 2.05) is 6.07 Å². The highest BCUT2D eigenvalue weighted by atomic mass is 16.5. The first-order valence-corrected chi connectivity index (χ1v) is 11.1. The summed E-state index contributed by atoms with van der Waals surface area (Å²) in [5, 5.41) is 20.6. The number of hydrogen-bond acceptors (Lipinski definition) is 5. The molecule has 7 heteroatoms. The van der Waals surface area contributed by atoms with Gasteiger partial charge in [-0.25, -0.2) is 0 Å². The SMILES string of the molecule is COc1ccc(C2/C(=C(\O)c3ccccc3)C(=O)C(=O)N2CC(CC(=O)O)c2ccccc2)cc1. The standard InChI is InChI=1S/C28H25NO6/c1-35-22-14-12-19(13-15-22)25-24(26(32)20-10-6-3-7-11-20)27(33)28(34)29(25)17-21(16-23(30)31)18-8-4-2-5-9-18/h2-15,21,25,32H,16-17H2,1H3,(H,30,31)/b26-24+. The van der Waals surface area contributed by atoms with Crippen LogP contribution in [0.5, 0.6) is 5.75 Å². The average molecular weight is 472 g/mol. The number of amides is 1. The highest BCUT2D eigenvalue weighted by Crippen LogP contribution is 2.41. The Hall–Kier alpha value is -4.39. The largest absolute Gasteiger partial charge is 0.507 e. The van der Waals surface area contributed by atoms with Crippen molar-refractivity contribution in [2.45, 2.75) is 18.4 Å². The lowest BCUT2D eigenvalue weighted by Crippen LogP contribution is -2.34. The van der Waals surface area contributed by atoms with Gasteiger partial charge in [0.1, 0.15) is 11.5 Å². The number of carbonyl (C=O) groups is 3. The fourth-order valence-electron chi connectivity index (χ4n) is 4.41. The lowest BCUT2D eigenvalue weighted by Gasteiger charge is -2.29. The van der Waals surface area contributed by atoms with Gasteiger partial charge in [-0.05, 0) is 23.3 Å². The quantitative estimate of drug-likeness (QED) is 0.287. The number of Topliss-reactive ketones (excluding diaryl/α,β-unsaturated/α-hetero) is 1. The highest BCUT2D eigenvalue weighted by Gasteiger charge is 2.46. The van der Waals surface area contributed by atoms with E-state index in [1.54, 1.807) is 78.9 Å². The van der Waals surface area contributed by atoms with Crippen molar-refractivity contribution in [3.63, 3.8) is 0 Å². The molecule has 0 bridgehead atoms. The number of likely N-dealkylation sites (tertiary alicyclic amines) is 1. The van der Waals surface area contributed by atoms with Gasteiger partial charge in [-0.2, -0.15) is 0 Å². The van der Waals surface area contributed by atoms with Crippen LogP contribution in [0, 0.1) is 0 Å². The first-order valence-electron chi connectivity index (χ1n) is 11.1. The number of carboxylic acid groups (broad SMARTS) is 1. The van der Waals surface area contributed by atoms with Crippen LogP contribution in [0.2, 0.25) is 0 Å². The van der Waals surface area contributed by atoms with Gasteiger partial charge in [0.05, 0.1) is 25.1 Å². The number of benzene rings is 3. The first-order chi connectivity index (χ1) is 16.9. The fourth-order valence-corrected chi connectivity index (χ4v) is 4.41. The maximum Gasteiger partial charge on any atom is 0.304 e. The lowest BCUT2D eigenvalue weighted by molar-refractivity contribution is -0.141. The van der Waals surface area contributed by atoms with Crippen molar-refractivity contribution >= 4 is 23.4 Å². The smallest absolute Gasteiger partial charge is 0.304 e. The topological polar surface area (TPSA) is 104 Å². The number of aliphatic hydroxyl groups excluding tert-OH is 1. The summed E-state index contributed by atoms with van der Waals surface area (Å²) in [6.07, 6.45) is -0.221. The van der Waals surface area contributed by atoms with E-state index in [-0.39, 0.29) is 24.3 Å². The Kier molecular flexibility index (Phi) is 6.96. The predicted octanol–water partition coefficient (Wildman–Crippen LogP) is 4.38. The Morgan fingerprint density at radius 1 is 0.914 bits per heavy atom. The molecule has 7 nitrogen and oxygen atoms in total. The Morgan fingerprint density at radius 3 is 2.09 bits per heavy atom. The molecule has 1 aliphatic rings. The zero-order valence-electron chi connectivity index (χ0n) is 19.1. The van der Waals surface area contributed by atoms with Crippen LogP contribution in [0.3, 0.4) is 0 Å². The molecule has 2 unspecified atom stereocenters. The van der Waals surface area contributed by atoms with Crippen LogP contribution < -0.4 is 4.74 Å². The highest BCUT2D eigenvalue weighted by molar-refractivity contribution is 6.46. The summed E-state index contributed by atoms with van der Waals surface area (Å²) in [4.78, 5) is 39.5. The van der Waals surface area contributed by atoms with E-state index < -0.39 is 29.6 Å². The van der Waals surface area contributed by atoms with Gasteiger partial charge in [0.2, 0.25) is 0 Å². The Bertz CT molecular complexity index is 1250. The second-order valence-electron chi connectivity index (χ2n) is 8.30. The maximum atomic E-state index is 13.3. The third-order valence-corrected chi connectivity index (χ3v) is 6.13. The number of rotatable bonds is 8. The van der Waals surface area contributed by atoms with Crippen molar-refractivity contribution in [3.05, 3.63) is 107 Å². The van der Waals surface area contributed by atoms with E-state index in [0.29, 0.717) is 16.9 Å². The zero-order valence-corrected chi connectivity index (χ0v) is 19.1. The van der Waals surface area contributed by atoms with E-state index >= 15 is 0 Å². The van der Waals surface area contributed by atoms with E-state index in [2.05, 4.69) is 0 Å². The summed E-state index contributed by atoms with van der Waals surface area (Å²) < 4.78 is 5.24. The predicted molar refractivity (Wildman–Crippen MR) is 130 cm³/mol. The third kappa shape index (κ3) is 4.94. The second-order valence-corrected chi connectivity index (χ2v) is 8.30. The van der Waals surface area contributed by atoms with Crippen molar-refractivity contribution in [1.29, 1.82) is 0 Å². The van der Waals surface area contributed by atoms with Gasteiger partial charge in [-0.3, -0.25) is 14.4 Å². The molecule has 1 fully saturated rings. The van der Waals surface area contributed by atoms with Gasteiger partial charge in [-0.1, -0.05) is 72.8 Å². The van der Waals surface area contributed by atoms with Gasteiger partial charge in [0.15, 0.2) is 0 Å². The van der Waals surface area contributed by atoms with Crippen molar-refractivity contribution < 1.29 is 29.3 Å². The minimum Gasteiger partial charge on any atom is -0.507 e. The Balaban J connectivity index is 1.83. The maximum absolute atomic E-state index is 13.3. The van der Waals surface area contributed by atoms with Crippen molar-refractivity contribution in [1.82, 2.24) is 4.90 Å². The monoisotopic (exact) mass is 471 g/mol. The molecule has 4 rings (SSSR count). The van der Waals surface area contributed by atoms with Crippen LogP contribution in [0.1, 0.15) is 35.1 Å². The Morgan fingerprint density at radius 2 is 1.51 bits per heavy atom. The minimum absolute atomic E-state index is 0.0108. The number of aliphatic carboxylic acids is 1. The van der Waals surface area contributed by atoms with Crippen LogP contribution in [0.15, 0.2) is 90.5 Å². The summed E-state index contributed by atoms with van der Waals surface area (Å²) in [6, 6.07) is 23.6. The number of carboxylic acids is 1. The van der Waals surface area contributed by atoms with Gasteiger partial charge in [0.25, 0.3) is 11.7 Å². The second kappa shape index (κ2) is 10.3. The molecule has 0 aliphatic carbocycles. The van der Waals surface area contributed by atoms with E-state index in [0.717, 1.165) is 5.56 Å². The number of hydrogen-bond donors (Lipinski definition) is 2. The zero-order chi connectivity index (χ0) is 24.9. The van der Waals surface area contributed by atoms with Gasteiger partial charge >= 0.3 is 5.97 Å². The first kappa shape index (κ1) is 23.8. The molecule has 178 valence electrons. The number of methoxy groups -OCH3 is 1. The molecule has 1 saturated heterocycles. The molecule has 3 aromatic rings. The molecule has 1 aliphatic heterocycles. The average Bonchev–Trinajstić information content (AvgIpc) is 3.13.